The summed E-state index contributed by atoms with van der Waals surface area (Å²) in [4.78, 5) is 2.35. The molecule has 260 valence electrons. The van der Waals surface area contributed by atoms with Crippen molar-refractivity contribution < 1.29 is 4.42 Å². The van der Waals surface area contributed by atoms with Gasteiger partial charge in [-0.3, -0.25) is 0 Å². The maximum atomic E-state index is 6.95. The van der Waals surface area contributed by atoms with Crippen molar-refractivity contribution in [3.63, 3.8) is 0 Å². The van der Waals surface area contributed by atoms with Crippen LogP contribution in [0.3, 0.4) is 0 Å². The summed E-state index contributed by atoms with van der Waals surface area (Å²) < 4.78 is 6.95. The van der Waals surface area contributed by atoms with Gasteiger partial charge in [-0.05, 0) is 84.0 Å². The van der Waals surface area contributed by atoms with Gasteiger partial charge in [-0.2, -0.15) is 0 Å². The van der Waals surface area contributed by atoms with Crippen LogP contribution in [0, 0.1) is 6.92 Å². The summed E-state index contributed by atoms with van der Waals surface area (Å²) in [7, 11) is 0. The van der Waals surface area contributed by atoms with Gasteiger partial charge in [0.1, 0.15) is 11.3 Å². The Labute approximate surface area is 314 Å². The highest BCUT2D eigenvalue weighted by molar-refractivity contribution is 5.88. The third-order valence-electron chi connectivity index (χ3n) is 10.6. The molecular formula is C51H45NO. The summed E-state index contributed by atoms with van der Waals surface area (Å²) in [5, 5.41) is 1.21. The van der Waals surface area contributed by atoms with Gasteiger partial charge < -0.3 is 9.32 Å². The van der Waals surface area contributed by atoms with Crippen LogP contribution in [0.25, 0.3) is 22.1 Å². The van der Waals surface area contributed by atoms with Gasteiger partial charge >= 0.3 is 0 Å². The Balaban J connectivity index is 1.33. The van der Waals surface area contributed by atoms with Crippen molar-refractivity contribution in [3.8, 4) is 11.1 Å². The normalized spacial score (nSPS) is 11.5. The fourth-order valence-corrected chi connectivity index (χ4v) is 8.11. The molecule has 1 heterocycles. The SMILES string of the molecule is CCCc1oc2c(C(c3ccccc3)(c3ccccc3)c3ccc(N(c4ccc(C)cc4)c4ccc(-c5ccccc5)cc4)cc3)cccc2c1CC. The molecule has 0 radical (unpaired) electrons. The standard InChI is InChI=1S/C51H45NO/c1-4-16-49-46(5-2)47-23-15-24-48(50(47)53-49)51(40-19-11-7-12-20-40,41-21-13-8-14-22-41)42-29-35-45(36-30-42)52(43-31-25-37(3)26-32-43)44-33-27-39(28-34-44)38-17-9-6-10-18-38/h6-15,17-36H,4-5,16H2,1-3H3. The highest BCUT2D eigenvalue weighted by Gasteiger charge is 2.41. The lowest BCUT2D eigenvalue weighted by Gasteiger charge is -2.37. The molecule has 0 aliphatic carbocycles. The molecule has 8 rings (SSSR count). The molecule has 0 spiro atoms. The molecule has 0 aliphatic heterocycles. The lowest BCUT2D eigenvalue weighted by molar-refractivity contribution is 0.531. The summed E-state index contributed by atoms with van der Waals surface area (Å²) in [5.74, 6) is 1.11. The Bertz CT molecular complexity index is 2370. The molecular weight excluding hydrogens is 643 g/mol. The topological polar surface area (TPSA) is 16.4 Å². The van der Waals surface area contributed by atoms with Crippen LogP contribution in [0.2, 0.25) is 0 Å². The van der Waals surface area contributed by atoms with Crippen molar-refractivity contribution in [1.82, 2.24) is 0 Å². The zero-order valence-corrected chi connectivity index (χ0v) is 30.8. The summed E-state index contributed by atoms with van der Waals surface area (Å²) in [6, 6.07) is 66.1. The monoisotopic (exact) mass is 687 g/mol. The van der Waals surface area contributed by atoms with Gasteiger partial charge in [0, 0.05) is 40.0 Å². The molecule has 0 amide bonds. The van der Waals surface area contributed by atoms with Gasteiger partial charge in [-0.25, -0.2) is 0 Å². The van der Waals surface area contributed by atoms with E-state index in [1.165, 1.54) is 44.3 Å². The van der Waals surface area contributed by atoms with E-state index in [-0.39, 0.29) is 0 Å². The molecule has 0 aliphatic rings. The number of furan rings is 1. The van der Waals surface area contributed by atoms with Gasteiger partial charge in [0.15, 0.2) is 0 Å². The van der Waals surface area contributed by atoms with Crippen LogP contribution >= 0.6 is 0 Å². The number of aryl methyl sites for hydroxylation is 3. The van der Waals surface area contributed by atoms with Crippen molar-refractivity contribution in [2.75, 3.05) is 4.90 Å². The number of rotatable bonds is 11. The quantitative estimate of drug-likeness (QED) is 0.126. The Morgan fingerprint density at radius 2 is 0.981 bits per heavy atom. The molecule has 7 aromatic carbocycles. The van der Waals surface area contributed by atoms with Gasteiger partial charge in [0.2, 0.25) is 0 Å². The molecule has 8 aromatic rings. The minimum absolute atomic E-state index is 0.640. The van der Waals surface area contributed by atoms with Crippen molar-refractivity contribution >= 4 is 28.0 Å². The lowest BCUT2D eigenvalue weighted by Crippen LogP contribution is -2.31. The molecule has 0 atom stereocenters. The Hall–Kier alpha value is -6.12. The third kappa shape index (κ3) is 6.25. The number of hydrogen-bond acceptors (Lipinski definition) is 2. The number of nitrogens with zero attached hydrogens (tertiary/aromatic N) is 1. The zero-order chi connectivity index (χ0) is 36.2. The van der Waals surface area contributed by atoms with E-state index in [1.807, 2.05) is 0 Å². The van der Waals surface area contributed by atoms with Gasteiger partial charge in [-0.15, -0.1) is 0 Å². The fraction of sp³-hybridized carbons (Fsp3) is 0.137. The maximum absolute atomic E-state index is 6.95. The van der Waals surface area contributed by atoms with Gasteiger partial charge in [0.05, 0.1) is 5.41 Å². The first-order valence-electron chi connectivity index (χ1n) is 18.9. The van der Waals surface area contributed by atoms with E-state index in [0.29, 0.717) is 0 Å². The minimum atomic E-state index is -0.640. The average molecular weight is 688 g/mol. The van der Waals surface area contributed by atoms with E-state index in [0.717, 1.165) is 53.2 Å². The van der Waals surface area contributed by atoms with Crippen molar-refractivity contribution in [3.05, 3.63) is 221 Å². The van der Waals surface area contributed by atoms with Crippen molar-refractivity contribution in [2.24, 2.45) is 0 Å². The molecule has 0 unspecified atom stereocenters. The van der Waals surface area contributed by atoms with Crippen LogP contribution in [0.5, 0.6) is 0 Å². The molecule has 0 saturated heterocycles. The predicted molar refractivity (Wildman–Crippen MR) is 223 cm³/mol. The van der Waals surface area contributed by atoms with E-state index in [9.17, 15) is 0 Å². The average Bonchev–Trinajstić information content (AvgIpc) is 3.59. The van der Waals surface area contributed by atoms with Crippen LogP contribution in [0.4, 0.5) is 17.1 Å². The summed E-state index contributed by atoms with van der Waals surface area (Å²) in [5.41, 5.74) is 13.4. The highest BCUT2D eigenvalue weighted by atomic mass is 16.3. The van der Waals surface area contributed by atoms with Crippen LogP contribution in [0.15, 0.2) is 186 Å². The smallest absolute Gasteiger partial charge is 0.139 e. The molecule has 1 aromatic heterocycles. The van der Waals surface area contributed by atoms with Crippen molar-refractivity contribution in [1.29, 1.82) is 0 Å². The molecule has 2 heteroatoms. The van der Waals surface area contributed by atoms with E-state index in [4.69, 9.17) is 4.42 Å². The zero-order valence-electron chi connectivity index (χ0n) is 30.8. The first kappa shape index (κ1) is 34.0. The number of hydrogen-bond donors (Lipinski definition) is 0. The van der Waals surface area contributed by atoms with Crippen LogP contribution in [0.1, 0.15) is 59.4 Å². The molecule has 0 fully saturated rings. The Kier molecular flexibility index (Phi) is 9.53. The maximum Gasteiger partial charge on any atom is 0.139 e. The van der Waals surface area contributed by atoms with Gasteiger partial charge in [0.25, 0.3) is 0 Å². The Morgan fingerprint density at radius 3 is 1.53 bits per heavy atom. The number of benzene rings is 7. The number of para-hydroxylation sites is 1. The second-order valence-electron chi connectivity index (χ2n) is 13.9. The number of fused-ring (bicyclic) bond motifs is 1. The second-order valence-corrected chi connectivity index (χ2v) is 13.9. The lowest BCUT2D eigenvalue weighted by atomic mass is 9.64. The summed E-state index contributed by atoms with van der Waals surface area (Å²) >= 11 is 0. The van der Waals surface area contributed by atoms with E-state index in [2.05, 4.69) is 208 Å². The number of anilines is 3. The van der Waals surface area contributed by atoms with Crippen LogP contribution in [-0.4, -0.2) is 0 Å². The molecule has 0 N–H and O–H groups in total. The second kappa shape index (κ2) is 14.9. The van der Waals surface area contributed by atoms with Gasteiger partial charge in [-0.1, -0.05) is 165 Å². The molecule has 2 nitrogen and oxygen atoms in total. The van der Waals surface area contributed by atoms with E-state index >= 15 is 0 Å². The predicted octanol–water partition coefficient (Wildman–Crippen LogP) is 13.8. The minimum Gasteiger partial charge on any atom is -0.460 e. The molecule has 0 bridgehead atoms. The largest absolute Gasteiger partial charge is 0.460 e. The first-order valence-corrected chi connectivity index (χ1v) is 18.9. The summed E-state index contributed by atoms with van der Waals surface area (Å²) in [6.45, 7) is 6.61. The highest BCUT2D eigenvalue weighted by Crippen LogP contribution is 2.49. The fourth-order valence-electron chi connectivity index (χ4n) is 8.11. The van der Waals surface area contributed by atoms with Crippen LogP contribution in [-0.2, 0) is 18.3 Å². The molecule has 0 saturated carbocycles. The van der Waals surface area contributed by atoms with Crippen molar-refractivity contribution in [2.45, 2.75) is 45.4 Å². The van der Waals surface area contributed by atoms with E-state index < -0.39 is 5.41 Å². The first-order chi connectivity index (χ1) is 26.1. The van der Waals surface area contributed by atoms with E-state index in [1.54, 1.807) is 0 Å². The Morgan fingerprint density at radius 1 is 0.491 bits per heavy atom. The third-order valence-corrected chi connectivity index (χ3v) is 10.6. The van der Waals surface area contributed by atoms with Crippen LogP contribution < -0.4 is 4.90 Å². The summed E-state index contributed by atoms with van der Waals surface area (Å²) in [6.07, 6.45) is 2.90. The molecule has 53 heavy (non-hydrogen) atoms.